The maximum absolute atomic E-state index is 10.5. The van der Waals surface area contributed by atoms with Crippen molar-refractivity contribution in [1.29, 1.82) is 0 Å². The second-order valence-electron chi connectivity index (χ2n) is 3.54. The number of aldehydes is 1. The molecule has 2 bridgehead atoms. The van der Waals surface area contributed by atoms with Crippen LogP contribution in [0.25, 0.3) is 0 Å². The van der Waals surface area contributed by atoms with Crippen molar-refractivity contribution in [3.63, 3.8) is 0 Å². The number of rotatable bonds is 1. The predicted molar refractivity (Wildman–Crippen MR) is 39.5 cm³/mol. The molecule has 2 aliphatic carbocycles. The lowest BCUT2D eigenvalue weighted by molar-refractivity contribution is -0.111. The Kier molecular flexibility index (Phi) is 1.19. The number of carbonyl (C=O) groups is 1. The Morgan fingerprint density at radius 1 is 1.60 bits per heavy atom. The van der Waals surface area contributed by atoms with E-state index in [1.165, 1.54) is 12.0 Å². The molecular weight excluding hydrogens is 124 g/mol. The van der Waals surface area contributed by atoms with Gasteiger partial charge in [0.05, 0.1) is 0 Å². The van der Waals surface area contributed by atoms with E-state index in [0.29, 0.717) is 11.8 Å². The Balaban J connectivity index is 2.21. The van der Waals surface area contributed by atoms with E-state index in [9.17, 15) is 4.79 Å². The molecule has 0 aromatic carbocycles. The molecular formula is C9H12O. The maximum Gasteiger partial charge on any atom is 0.123 e. The zero-order valence-corrected chi connectivity index (χ0v) is 6.21. The fraction of sp³-hybridized carbons (Fsp3) is 0.667. The molecule has 10 heavy (non-hydrogen) atoms. The smallest absolute Gasteiger partial charge is 0.123 e. The number of hydrogen-bond acceptors (Lipinski definition) is 1. The maximum atomic E-state index is 10.5. The standard InChI is InChI=1S/C9H12O/c1-6-2-8-3-7(6)4-9(8)5-10/h2,5,7-9H,3-4H2,1H3. The number of fused-ring (bicyclic) bond motifs is 2. The van der Waals surface area contributed by atoms with Crippen LogP contribution in [0.5, 0.6) is 0 Å². The summed E-state index contributed by atoms with van der Waals surface area (Å²) < 4.78 is 0. The van der Waals surface area contributed by atoms with Gasteiger partial charge in [-0.1, -0.05) is 11.6 Å². The number of hydrogen-bond donors (Lipinski definition) is 0. The molecule has 0 heterocycles. The van der Waals surface area contributed by atoms with E-state index in [2.05, 4.69) is 13.0 Å². The summed E-state index contributed by atoms with van der Waals surface area (Å²) in [7, 11) is 0. The third-order valence-corrected chi connectivity index (χ3v) is 2.96. The van der Waals surface area contributed by atoms with E-state index in [1.54, 1.807) is 0 Å². The van der Waals surface area contributed by atoms with Crippen LogP contribution in [0.3, 0.4) is 0 Å². The molecule has 2 aliphatic rings. The van der Waals surface area contributed by atoms with Gasteiger partial charge in [0.1, 0.15) is 6.29 Å². The fourth-order valence-electron chi connectivity index (χ4n) is 2.30. The van der Waals surface area contributed by atoms with E-state index in [1.807, 2.05) is 0 Å². The van der Waals surface area contributed by atoms with Crippen LogP contribution in [-0.2, 0) is 4.79 Å². The highest BCUT2D eigenvalue weighted by atomic mass is 16.1. The first-order valence-electron chi connectivity index (χ1n) is 3.95. The molecule has 54 valence electrons. The monoisotopic (exact) mass is 136 g/mol. The Morgan fingerprint density at radius 2 is 2.40 bits per heavy atom. The van der Waals surface area contributed by atoms with Crippen molar-refractivity contribution in [2.75, 3.05) is 0 Å². The van der Waals surface area contributed by atoms with Crippen LogP contribution in [0, 0.1) is 17.8 Å². The van der Waals surface area contributed by atoms with Crippen LogP contribution in [0.15, 0.2) is 11.6 Å². The topological polar surface area (TPSA) is 17.1 Å². The normalized spacial score (nSPS) is 43.7. The molecule has 0 amide bonds. The quantitative estimate of drug-likeness (QED) is 0.396. The highest BCUT2D eigenvalue weighted by Crippen LogP contribution is 2.46. The lowest BCUT2D eigenvalue weighted by atomic mass is 9.92. The van der Waals surface area contributed by atoms with Crippen molar-refractivity contribution < 1.29 is 4.79 Å². The van der Waals surface area contributed by atoms with Gasteiger partial charge in [-0.25, -0.2) is 0 Å². The van der Waals surface area contributed by atoms with Crippen LogP contribution in [-0.4, -0.2) is 6.29 Å². The minimum atomic E-state index is 0.355. The van der Waals surface area contributed by atoms with Gasteiger partial charge in [-0.3, -0.25) is 0 Å². The summed E-state index contributed by atoms with van der Waals surface area (Å²) in [5.74, 6) is 1.70. The first-order chi connectivity index (χ1) is 4.81. The van der Waals surface area contributed by atoms with Crippen molar-refractivity contribution in [2.24, 2.45) is 17.8 Å². The SMILES string of the molecule is CC1=CC2CC1CC2C=O. The summed E-state index contributed by atoms with van der Waals surface area (Å²) in [6.45, 7) is 2.19. The zero-order chi connectivity index (χ0) is 7.14. The molecule has 0 aromatic heterocycles. The minimum absolute atomic E-state index is 0.355. The molecule has 0 radical (unpaired) electrons. The summed E-state index contributed by atoms with van der Waals surface area (Å²) in [6, 6.07) is 0. The van der Waals surface area contributed by atoms with Crippen LogP contribution >= 0.6 is 0 Å². The third kappa shape index (κ3) is 0.664. The molecule has 2 rings (SSSR count). The van der Waals surface area contributed by atoms with Crippen molar-refractivity contribution in [3.8, 4) is 0 Å². The molecule has 1 nitrogen and oxygen atoms in total. The zero-order valence-electron chi connectivity index (χ0n) is 6.21. The lowest BCUT2D eigenvalue weighted by Crippen LogP contribution is -2.08. The van der Waals surface area contributed by atoms with Gasteiger partial charge in [0.25, 0.3) is 0 Å². The molecule has 0 aromatic rings. The highest BCUT2D eigenvalue weighted by Gasteiger charge is 2.38. The van der Waals surface area contributed by atoms with Crippen LogP contribution in [0.1, 0.15) is 19.8 Å². The van der Waals surface area contributed by atoms with Gasteiger partial charge < -0.3 is 4.79 Å². The molecule has 0 spiro atoms. The van der Waals surface area contributed by atoms with Crippen molar-refractivity contribution >= 4 is 6.29 Å². The van der Waals surface area contributed by atoms with Gasteiger partial charge >= 0.3 is 0 Å². The summed E-state index contributed by atoms with van der Waals surface area (Å²) in [4.78, 5) is 10.5. The number of allylic oxidation sites excluding steroid dienone is 2. The molecule has 3 atom stereocenters. The fourth-order valence-corrected chi connectivity index (χ4v) is 2.30. The predicted octanol–water partition coefficient (Wildman–Crippen LogP) is 1.79. The first kappa shape index (κ1) is 6.14. The van der Waals surface area contributed by atoms with E-state index in [0.717, 1.165) is 18.6 Å². The van der Waals surface area contributed by atoms with Crippen molar-refractivity contribution in [1.82, 2.24) is 0 Å². The Hall–Kier alpha value is -0.590. The van der Waals surface area contributed by atoms with Crippen LogP contribution in [0.4, 0.5) is 0 Å². The van der Waals surface area contributed by atoms with E-state index >= 15 is 0 Å². The molecule has 1 saturated carbocycles. The summed E-state index contributed by atoms with van der Waals surface area (Å²) in [5.41, 5.74) is 1.52. The van der Waals surface area contributed by atoms with Gasteiger partial charge in [-0.15, -0.1) is 0 Å². The second-order valence-corrected chi connectivity index (χ2v) is 3.54. The van der Waals surface area contributed by atoms with Gasteiger partial charge in [-0.05, 0) is 31.6 Å². The summed E-state index contributed by atoms with van der Waals surface area (Å²) in [5, 5.41) is 0. The number of carbonyl (C=O) groups excluding carboxylic acids is 1. The lowest BCUT2D eigenvalue weighted by Gasteiger charge is -2.12. The minimum Gasteiger partial charge on any atom is -0.303 e. The van der Waals surface area contributed by atoms with Gasteiger partial charge in [-0.2, -0.15) is 0 Å². The van der Waals surface area contributed by atoms with Gasteiger partial charge in [0.2, 0.25) is 0 Å². The highest BCUT2D eigenvalue weighted by molar-refractivity contribution is 5.56. The average Bonchev–Trinajstić information content (AvgIpc) is 2.44. The Morgan fingerprint density at radius 3 is 2.80 bits per heavy atom. The molecule has 1 fully saturated rings. The molecule has 3 unspecified atom stereocenters. The van der Waals surface area contributed by atoms with E-state index in [4.69, 9.17) is 0 Å². The molecule has 0 N–H and O–H groups in total. The van der Waals surface area contributed by atoms with Crippen LogP contribution in [0.2, 0.25) is 0 Å². The van der Waals surface area contributed by atoms with E-state index < -0.39 is 0 Å². The summed E-state index contributed by atoms with van der Waals surface area (Å²) in [6.07, 6.45) is 5.78. The Bertz CT molecular complexity index is 193. The van der Waals surface area contributed by atoms with Crippen LogP contribution < -0.4 is 0 Å². The first-order valence-corrected chi connectivity index (χ1v) is 3.95. The van der Waals surface area contributed by atoms with Gasteiger partial charge in [0.15, 0.2) is 0 Å². The van der Waals surface area contributed by atoms with Crippen molar-refractivity contribution in [3.05, 3.63) is 11.6 Å². The Labute approximate surface area is 61.1 Å². The molecule has 0 aliphatic heterocycles. The summed E-state index contributed by atoms with van der Waals surface area (Å²) >= 11 is 0. The van der Waals surface area contributed by atoms with Crippen molar-refractivity contribution in [2.45, 2.75) is 19.8 Å². The molecule has 0 saturated heterocycles. The van der Waals surface area contributed by atoms with E-state index in [-0.39, 0.29) is 0 Å². The average molecular weight is 136 g/mol. The van der Waals surface area contributed by atoms with Gasteiger partial charge in [0, 0.05) is 5.92 Å². The second kappa shape index (κ2) is 1.94. The molecule has 1 heteroatoms. The largest absolute Gasteiger partial charge is 0.303 e. The third-order valence-electron chi connectivity index (χ3n) is 2.96.